The van der Waals surface area contributed by atoms with E-state index < -0.39 is 17.5 Å². The quantitative estimate of drug-likeness (QED) is 0.319. The molecule has 120 valence electrons. The number of carbonyl (C=O) groups excluding carboxylic acids is 2. The van der Waals surface area contributed by atoms with Crippen LogP contribution in [0.25, 0.3) is 0 Å². The zero-order valence-electron chi connectivity index (χ0n) is 11.8. The highest BCUT2D eigenvalue weighted by Gasteiger charge is 2.20. The van der Waals surface area contributed by atoms with Crippen molar-refractivity contribution in [2.45, 2.75) is 0 Å². The molecule has 0 aliphatic rings. The van der Waals surface area contributed by atoms with Gasteiger partial charge in [0.2, 0.25) is 5.78 Å². The van der Waals surface area contributed by atoms with Crippen LogP contribution in [0, 0.1) is 10.1 Å². The molecule has 0 atom stereocenters. The molecular weight excluding hydrogens is 390 g/mol. The molecule has 0 spiro atoms. The van der Waals surface area contributed by atoms with E-state index in [1.807, 2.05) is 0 Å². The van der Waals surface area contributed by atoms with Gasteiger partial charge < -0.3 is 9.47 Å². The first kappa shape index (κ1) is 17.1. The first-order valence-corrected chi connectivity index (χ1v) is 7.81. The van der Waals surface area contributed by atoms with Gasteiger partial charge in [-0.15, -0.1) is 11.3 Å². The van der Waals surface area contributed by atoms with Gasteiger partial charge in [-0.2, -0.15) is 0 Å². The average molecular weight is 400 g/mol. The number of carbonyl (C=O) groups is 2. The number of non-ortho nitro benzene ring substituents is 1. The normalized spacial score (nSPS) is 10.2. The van der Waals surface area contributed by atoms with Gasteiger partial charge in [0.05, 0.1) is 20.7 Å². The lowest BCUT2D eigenvalue weighted by Crippen LogP contribution is -2.14. The summed E-state index contributed by atoms with van der Waals surface area (Å²) in [5.41, 5.74) is -0.381. The number of nitrogens with zero attached hydrogens (tertiary/aromatic N) is 1. The van der Waals surface area contributed by atoms with Gasteiger partial charge >= 0.3 is 5.97 Å². The number of ketones is 1. The first-order valence-electron chi connectivity index (χ1n) is 6.20. The molecule has 23 heavy (non-hydrogen) atoms. The van der Waals surface area contributed by atoms with Crippen molar-refractivity contribution < 1.29 is 24.0 Å². The largest absolute Gasteiger partial charge is 0.496 e. The summed E-state index contributed by atoms with van der Waals surface area (Å²) < 4.78 is 10.7. The molecule has 1 aromatic carbocycles. The van der Waals surface area contributed by atoms with E-state index in [2.05, 4.69) is 15.9 Å². The molecular formula is C14H10BrNO6S. The molecule has 2 rings (SSSR count). The van der Waals surface area contributed by atoms with Crippen LogP contribution < -0.4 is 4.74 Å². The molecule has 0 unspecified atom stereocenters. The molecule has 0 radical (unpaired) electrons. The number of nitro groups is 1. The van der Waals surface area contributed by atoms with Gasteiger partial charge in [-0.05, 0) is 34.1 Å². The number of hydrogen-bond acceptors (Lipinski definition) is 7. The second-order valence-corrected chi connectivity index (χ2v) is 6.71. The lowest BCUT2D eigenvalue weighted by Gasteiger charge is -2.08. The number of halogens is 1. The predicted molar refractivity (Wildman–Crippen MR) is 86.3 cm³/mol. The molecule has 1 aromatic heterocycles. The van der Waals surface area contributed by atoms with Crippen molar-refractivity contribution in [2.75, 3.05) is 13.7 Å². The maximum Gasteiger partial charge on any atom is 0.342 e. The predicted octanol–water partition coefficient (Wildman–Crippen LogP) is 3.47. The number of nitro benzene ring substituents is 1. The molecule has 1 heterocycles. The van der Waals surface area contributed by atoms with E-state index in [0.29, 0.717) is 4.88 Å². The maximum absolute atomic E-state index is 12.1. The molecule has 9 heteroatoms. The Labute approximate surface area is 143 Å². The molecule has 0 saturated heterocycles. The molecule has 2 aromatic rings. The number of esters is 1. The zero-order valence-corrected chi connectivity index (χ0v) is 14.2. The summed E-state index contributed by atoms with van der Waals surface area (Å²) in [5, 5.41) is 10.8. The van der Waals surface area contributed by atoms with Crippen LogP contribution in [0.3, 0.4) is 0 Å². The second-order valence-electron chi connectivity index (χ2n) is 4.24. The molecule has 7 nitrogen and oxygen atoms in total. The highest BCUT2D eigenvalue weighted by molar-refractivity contribution is 9.11. The van der Waals surface area contributed by atoms with Crippen LogP contribution in [0.15, 0.2) is 34.1 Å². The maximum atomic E-state index is 12.1. The lowest BCUT2D eigenvalue weighted by atomic mass is 10.2. The lowest BCUT2D eigenvalue weighted by molar-refractivity contribution is -0.384. The summed E-state index contributed by atoms with van der Waals surface area (Å²) in [6.45, 7) is -0.461. The van der Waals surface area contributed by atoms with Crippen molar-refractivity contribution in [2.24, 2.45) is 0 Å². The van der Waals surface area contributed by atoms with E-state index in [9.17, 15) is 19.7 Å². The van der Waals surface area contributed by atoms with Crippen LogP contribution in [0.1, 0.15) is 20.0 Å². The average Bonchev–Trinajstić information content (AvgIpc) is 2.98. The minimum absolute atomic E-state index is 0.109. The number of hydrogen-bond donors (Lipinski definition) is 0. The van der Waals surface area contributed by atoms with Crippen molar-refractivity contribution in [3.8, 4) is 5.75 Å². The summed E-state index contributed by atoms with van der Waals surface area (Å²) in [6, 6.07) is 6.88. The summed E-state index contributed by atoms with van der Waals surface area (Å²) in [4.78, 5) is 34.5. The zero-order chi connectivity index (χ0) is 17.0. The number of ether oxygens (including phenoxy) is 2. The van der Waals surface area contributed by atoms with Crippen LogP contribution in [0.2, 0.25) is 0 Å². The molecule has 0 N–H and O–H groups in total. The number of benzene rings is 1. The van der Waals surface area contributed by atoms with E-state index in [-0.39, 0.29) is 22.8 Å². The molecule has 0 saturated carbocycles. The number of rotatable bonds is 6. The van der Waals surface area contributed by atoms with Crippen molar-refractivity contribution in [1.29, 1.82) is 0 Å². The van der Waals surface area contributed by atoms with E-state index in [0.717, 1.165) is 9.85 Å². The Kier molecular flexibility index (Phi) is 5.45. The Morgan fingerprint density at radius 1 is 1.30 bits per heavy atom. The Morgan fingerprint density at radius 3 is 2.61 bits per heavy atom. The monoisotopic (exact) mass is 399 g/mol. The Hall–Kier alpha value is -2.26. The molecule has 0 amide bonds. The number of Topliss-reactive ketones (excluding diaryl/α,β-unsaturated/α-hetero) is 1. The third-order valence-electron chi connectivity index (χ3n) is 2.80. The van der Waals surface area contributed by atoms with Gasteiger partial charge in [0.15, 0.2) is 6.61 Å². The van der Waals surface area contributed by atoms with Gasteiger partial charge in [-0.1, -0.05) is 0 Å². The fourth-order valence-corrected chi connectivity index (χ4v) is 3.02. The van der Waals surface area contributed by atoms with E-state index in [1.54, 1.807) is 12.1 Å². The minimum atomic E-state index is -0.866. The van der Waals surface area contributed by atoms with Crippen molar-refractivity contribution >= 4 is 44.7 Å². The molecule has 0 aliphatic heterocycles. The van der Waals surface area contributed by atoms with Gasteiger partial charge in [-0.25, -0.2) is 4.79 Å². The van der Waals surface area contributed by atoms with Crippen molar-refractivity contribution in [3.63, 3.8) is 0 Å². The van der Waals surface area contributed by atoms with Gasteiger partial charge in [0, 0.05) is 12.1 Å². The molecule has 0 aliphatic carbocycles. The summed E-state index contributed by atoms with van der Waals surface area (Å²) in [6.07, 6.45) is 0. The summed E-state index contributed by atoms with van der Waals surface area (Å²) in [5.74, 6) is -1.10. The molecule has 0 bridgehead atoms. The van der Waals surface area contributed by atoms with Crippen LogP contribution in [-0.4, -0.2) is 30.4 Å². The Bertz CT molecular complexity index is 772. The first-order chi connectivity index (χ1) is 10.9. The Balaban J connectivity index is 2.12. The fraction of sp³-hybridized carbons (Fsp3) is 0.143. The van der Waals surface area contributed by atoms with Crippen molar-refractivity contribution in [1.82, 2.24) is 0 Å². The van der Waals surface area contributed by atoms with Crippen LogP contribution >= 0.6 is 27.3 Å². The van der Waals surface area contributed by atoms with E-state index in [4.69, 9.17) is 9.47 Å². The van der Waals surface area contributed by atoms with Crippen LogP contribution in [-0.2, 0) is 4.74 Å². The Morgan fingerprint density at radius 2 is 2.04 bits per heavy atom. The number of methoxy groups -OCH3 is 1. The van der Waals surface area contributed by atoms with Crippen LogP contribution in [0.4, 0.5) is 5.69 Å². The van der Waals surface area contributed by atoms with E-state index in [1.165, 1.54) is 30.6 Å². The smallest absolute Gasteiger partial charge is 0.342 e. The standard InChI is InChI=1S/C14H10BrNO6S/c1-21-11-3-2-8(16(19)20)6-9(11)14(18)22-7-10(17)12-4-5-13(15)23-12/h2-6H,7H2,1H3. The fourth-order valence-electron chi connectivity index (χ4n) is 1.71. The second kappa shape index (κ2) is 7.34. The summed E-state index contributed by atoms with van der Waals surface area (Å²) in [7, 11) is 1.33. The summed E-state index contributed by atoms with van der Waals surface area (Å²) >= 11 is 4.45. The minimum Gasteiger partial charge on any atom is -0.496 e. The highest BCUT2D eigenvalue weighted by Crippen LogP contribution is 2.25. The van der Waals surface area contributed by atoms with E-state index >= 15 is 0 Å². The van der Waals surface area contributed by atoms with Crippen LogP contribution in [0.5, 0.6) is 5.75 Å². The topological polar surface area (TPSA) is 95.7 Å². The van der Waals surface area contributed by atoms with Crippen molar-refractivity contribution in [3.05, 3.63) is 54.7 Å². The van der Waals surface area contributed by atoms with Gasteiger partial charge in [0.1, 0.15) is 11.3 Å². The highest BCUT2D eigenvalue weighted by atomic mass is 79.9. The third kappa shape index (κ3) is 4.14. The van der Waals surface area contributed by atoms with Gasteiger partial charge in [0.25, 0.3) is 5.69 Å². The molecule has 0 fully saturated rings. The SMILES string of the molecule is COc1ccc([N+](=O)[O-])cc1C(=O)OCC(=O)c1ccc(Br)s1. The number of thiophene rings is 1. The van der Waals surface area contributed by atoms with Gasteiger partial charge in [-0.3, -0.25) is 14.9 Å². The third-order valence-corrected chi connectivity index (χ3v) is 4.46.